The first kappa shape index (κ1) is 23.3. The van der Waals surface area contributed by atoms with Crippen LogP contribution in [0.2, 0.25) is 0 Å². The number of hydrogen-bond donors (Lipinski definition) is 2. The van der Waals surface area contributed by atoms with Crippen molar-refractivity contribution in [2.75, 3.05) is 13.1 Å². The third-order valence-electron chi connectivity index (χ3n) is 5.28. The monoisotopic (exact) mass is 447 g/mol. The lowest BCUT2D eigenvalue weighted by Crippen LogP contribution is -2.48. The van der Waals surface area contributed by atoms with Gasteiger partial charge in [-0.05, 0) is 43.2 Å². The molecule has 2 aromatic rings. The van der Waals surface area contributed by atoms with Gasteiger partial charge in [-0.15, -0.1) is 0 Å². The largest absolute Gasteiger partial charge is 0.416 e. The van der Waals surface area contributed by atoms with Gasteiger partial charge in [-0.1, -0.05) is 30.3 Å². The smallest absolute Gasteiger partial charge is 0.346 e. The van der Waals surface area contributed by atoms with Crippen LogP contribution < -0.4 is 10.6 Å². The molecule has 32 heavy (non-hydrogen) atoms. The van der Waals surface area contributed by atoms with E-state index in [1.165, 1.54) is 24.0 Å². The number of likely N-dealkylation sites (tertiary alicyclic amines) is 1. The Balaban J connectivity index is 1.76. The molecule has 0 bridgehead atoms. The summed E-state index contributed by atoms with van der Waals surface area (Å²) >= 11 is 0. The van der Waals surface area contributed by atoms with Crippen LogP contribution in [-0.2, 0) is 15.8 Å². The minimum absolute atomic E-state index is 0.0469. The van der Waals surface area contributed by atoms with Crippen LogP contribution in [-0.4, -0.2) is 41.8 Å². The van der Waals surface area contributed by atoms with Crippen molar-refractivity contribution < 1.29 is 27.6 Å². The second kappa shape index (κ2) is 9.84. The maximum Gasteiger partial charge on any atom is 0.416 e. The molecule has 0 radical (unpaired) electrons. The zero-order valence-corrected chi connectivity index (χ0v) is 17.5. The highest BCUT2D eigenvalue weighted by Gasteiger charge is 2.32. The summed E-state index contributed by atoms with van der Waals surface area (Å²) in [5, 5.41) is 5.28. The maximum atomic E-state index is 13.2. The Hall–Kier alpha value is -3.36. The number of nitrogens with zero attached hydrogens (tertiary/aromatic N) is 1. The predicted octanol–water partition coefficient (Wildman–Crippen LogP) is 3.30. The Kier molecular flexibility index (Phi) is 7.17. The van der Waals surface area contributed by atoms with Crippen molar-refractivity contribution in [2.24, 2.45) is 0 Å². The highest BCUT2D eigenvalue weighted by atomic mass is 19.4. The average Bonchev–Trinajstić information content (AvgIpc) is 3.17. The molecule has 2 atom stereocenters. The molecule has 0 saturated carbocycles. The Bertz CT molecular complexity index is 979. The molecule has 1 heterocycles. The molecule has 1 aliphatic rings. The van der Waals surface area contributed by atoms with Gasteiger partial charge in [-0.2, -0.15) is 13.2 Å². The average molecular weight is 447 g/mol. The van der Waals surface area contributed by atoms with Crippen molar-refractivity contribution in [1.29, 1.82) is 0 Å². The fourth-order valence-corrected chi connectivity index (χ4v) is 3.52. The topological polar surface area (TPSA) is 78.5 Å². The number of rotatable bonds is 7. The molecular weight excluding hydrogens is 423 g/mol. The molecule has 3 amide bonds. The van der Waals surface area contributed by atoms with Crippen molar-refractivity contribution in [3.05, 3.63) is 71.3 Å². The number of alkyl halides is 3. The van der Waals surface area contributed by atoms with Gasteiger partial charge < -0.3 is 15.5 Å². The van der Waals surface area contributed by atoms with Crippen molar-refractivity contribution in [3.8, 4) is 0 Å². The Morgan fingerprint density at radius 3 is 2.41 bits per heavy atom. The number of benzene rings is 2. The molecule has 2 aromatic carbocycles. The number of nitrogens with one attached hydrogen (secondary N) is 2. The SMILES string of the molecule is CC(NC(=O)c1ccccc1)C(=O)NC(CN1CCCC1=O)c1cccc(C(F)(F)F)c1. The van der Waals surface area contributed by atoms with Gasteiger partial charge in [-0.3, -0.25) is 14.4 Å². The number of halogens is 3. The van der Waals surface area contributed by atoms with E-state index in [1.54, 1.807) is 30.3 Å². The van der Waals surface area contributed by atoms with Crippen molar-refractivity contribution in [1.82, 2.24) is 15.5 Å². The van der Waals surface area contributed by atoms with Gasteiger partial charge in [-0.25, -0.2) is 0 Å². The highest BCUT2D eigenvalue weighted by Crippen LogP contribution is 2.31. The molecule has 1 saturated heterocycles. The van der Waals surface area contributed by atoms with Gasteiger partial charge in [0.15, 0.2) is 0 Å². The fourth-order valence-electron chi connectivity index (χ4n) is 3.52. The Morgan fingerprint density at radius 2 is 1.78 bits per heavy atom. The molecule has 0 aliphatic carbocycles. The van der Waals surface area contributed by atoms with Crippen LogP contribution in [0.5, 0.6) is 0 Å². The molecule has 6 nitrogen and oxygen atoms in total. The molecule has 170 valence electrons. The van der Waals surface area contributed by atoms with E-state index in [1.807, 2.05) is 0 Å². The summed E-state index contributed by atoms with van der Waals surface area (Å²) in [4.78, 5) is 38.7. The molecular formula is C23H24F3N3O3. The third kappa shape index (κ3) is 5.87. The molecule has 1 fully saturated rings. The first-order chi connectivity index (χ1) is 15.1. The minimum atomic E-state index is -4.54. The normalized spacial score (nSPS) is 15.9. The molecule has 1 aliphatic heterocycles. The van der Waals surface area contributed by atoms with E-state index >= 15 is 0 Å². The maximum absolute atomic E-state index is 13.2. The molecule has 2 N–H and O–H groups in total. The molecule has 3 rings (SSSR count). The van der Waals surface area contributed by atoms with Crippen molar-refractivity contribution >= 4 is 17.7 Å². The van der Waals surface area contributed by atoms with Crippen LogP contribution in [0.4, 0.5) is 13.2 Å². The summed E-state index contributed by atoms with van der Waals surface area (Å²) < 4.78 is 39.6. The summed E-state index contributed by atoms with van der Waals surface area (Å²) in [5.41, 5.74) is -0.230. The van der Waals surface area contributed by atoms with Crippen LogP contribution >= 0.6 is 0 Å². The Labute approximate surface area is 183 Å². The van der Waals surface area contributed by atoms with E-state index in [-0.39, 0.29) is 18.0 Å². The zero-order valence-electron chi connectivity index (χ0n) is 17.5. The zero-order chi connectivity index (χ0) is 23.3. The number of hydrogen-bond acceptors (Lipinski definition) is 3. The van der Waals surface area contributed by atoms with Crippen molar-refractivity contribution in [3.63, 3.8) is 0 Å². The number of amides is 3. The Morgan fingerprint density at radius 1 is 1.06 bits per heavy atom. The van der Waals surface area contributed by atoms with Gasteiger partial charge in [0.2, 0.25) is 11.8 Å². The van der Waals surface area contributed by atoms with Gasteiger partial charge >= 0.3 is 6.18 Å². The van der Waals surface area contributed by atoms with Crippen LogP contribution in [0.3, 0.4) is 0 Å². The van der Waals surface area contributed by atoms with Crippen molar-refractivity contribution in [2.45, 2.75) is 38.0 Å². The van der Waals surface area contributed by atoms with E-state index in [4.69, 9.17) is 0 Å². The lowest BCUT2D eigenvalue weighted by Gasteiger charge is -2.27. The third-order valence-corrected chi connectivity index (χ3v) is 5.28. The van der Waals surface area contributed by atoms with Crippen LogP contribution in [0, 0.1) is 0 Å². The lowest BCUT2D eigenvalue weighted by atomic mass is 10.0. The minimum Gasteiger partial charge on any atom is -0.346 e. The van der Waals surface area contributed by atoms with E-state index in [0.717, 1.165) is 12.1 Å². The summed E-state index contributed by atoms with van der Waals surface area (Å²) in [6, 6.07) is 11.2. The van der Waals surface area contributed by atoms with Gasteiger partial charge in [0, 0.05) is 25.1 Å². The van der Waals surface area contributed by atoms with Gasteiger partial charge in [0.05, 0.1) is 11.6 Å². The lowest BCUT2D eigenvalue weighted by molar-refractivity contribution is -0.137. The second-order valence-corrected chi connectivity index (χ2v) is 7.69. The predicted molar refractivity (Wildman–Crippen MR) is 112 cm³/mol. The quantitative estimate of drug-likeness (QED) is 0.684. The first-order valence-corrected chi connectivity index (χ1v) is 10.3. The second-order valence-electron chi connectivity index (χ2n) is 7.69. The molecule has 0 aromatic heterocycles. The molecule has 9 heteroatoms. The summed E-state index contributed by atoms with van der Waals surface area (Å²) in [7, 11) is 0. The summed E-state index contributed by atoms with van der Waals surface area (Å²) in [5.74, 6) is -1.12. The number of carbonyl (C=O) groups is 3. The standard InChI is InChI=1S/C23H24F3N3O3/c1-15(27-22(32)16-7-3-2-4-8-16)21(31)28-19(14-29-12-6-11-20(29)30)17-9-5-10-18(13-17)23(24,25)26/h2-5,7-10,13,15,19H,6,11-12,14H2,1H3,(H,27,32)(H,28,31). The fraction of sp³-hybridized carbons (Fsp3) is 0.348. The van der Waals surface area contributed by atoms with Gasteiger partial charge in [0.25, 0.3) is 5.91 Å². The van der Waals surface area contributed by atoms with E-state index in [9.17, 15) is 27.6 Å². The summed E-state index contributed by atoms with van der Waals surface area (Å²) in [6.07, 6.45) is -3.51. The van der Waals surface area contributed by atoms with E-state index in [0.29, 0.717) is 24.9 Å². The summed E-state index contributed by atoms with van der Waals surface area (Å²) in [6.45, 7) is 2.01. The van der Waals surface area contributed by atoms with Crippen LogP contribution in [0.25, 0.3) is 0 Å². The van der Waals surface area contributed by atoms with E-state index in [2.05, 4.69) is 10.6 Å². The van der Waals surface area contributed by atoms with E-state index < -0.39 is 35.6 Å². The highest BCUT2D eigenvalue weighted by molar-refractivity contribution is 5.97. The van der Waals surface area contributed by atoms with Crippen LogP contribution in [0.15, 0.2) is 54.6 Å². The molecule has 0 spiro atoms. The molecule has 2 unspecified atom stereocenters. The van der Waals surface area contributed by atoms with Crippen LogP contribution in [0.1, 0.15) is 47.3 Å². The number of carbonyl (C=O) groups excluding carboxylic acids is 3. The van der Waals surface area contributed by atoms with Gasteiger partial charge in [0.1, 0.15) is 6.04 Å². The first-order valence-electron chi connectivity index (χ1n) is 10.3.